The van der Waals surface area contributed by atoms with E-state index in [4.69, 9.17) is 0 Å². The quantitative estimate of drug-likeness (QED) is 0.873. The maximum Gasteiger partial charge on any atom is 0.0894 e. The van der Waals surface area contributed by atoms with Gasteiger partial charge in [0.15, 0.2) is 0 Å². The molecule has 0 saturated carbocycles. The normalized spacial score (nSPS) is 13.0. The summed E-state index contributed by atoms with van der Waals surface area (Å²) in [7, 11) is 0.500. The van der Waals surface area contributed by atoms with Gasteiger partial charge in [0.2, 0.25) is 0 Å². The van der Waals surface area contributed by atoms with Gasteiger partial charge in [-0.3, -0.25) is 4.39 Å². The lowest BCUT2D eigenvalue weighted by Crippen LogP contribution is -2.14. The average molecular weight is 253 g/mol. The van der Waals surface area contributed by atoms with E-state index in [0.29, 0.717) is 13.1 Å². The maximum absolute atomic E-state index is 9.50. The lowest BCUT2D eigenvalue weighted by Gasteiger charge is -2.13. The standard InChI is InChI=1S/C11H15N3.C2H6.CH3F/c1-3-8(2)10-6-9-4-5-12-7-11(9)14-13-10;2*1-2/h4-6,8,12H,3,7H2,1-2H3;1-2H3;1H3. The Morgan fingerprint density at radius 1 is 1.33 bits per heavy atom. The molecule has 3 nitrogen and oxygen atoms in total. The molecule has 1 aromatic heterocycles. The van der Waals surface area contributed by atoms with Crippen molar-refractivity contribution in [3.8, 4) is 0 Å². The molecule has 0 amide bonds. The molecule has 1 unspecified atom stereocenters. The molecule has 0 aliphatic carbocycles. The van der Waals surface area contributed by atoms with Gasteiger partial charge in [-0.2, -0.15) is 10.2 Å². The summed E-state index contributed by atoms with van der Waals surface area (Å²) in [5.74, 6) is 0.496. The van der Waals surface area contributed by atoms with Gasteiger partial charge in [-0.15, -0.1) is 0 Å². The number of alkyl halides is 1. The SMILES string of the molecule is CC.CCC(C)c1cc2c(nn1)CNC=C2.CF. The molecular weight excluding hydrogens is 229 g/mol. The summed E-state index contributed by atoms with van der Waals surface area (Å²) in [5.41, 5.74) is 3.34. The second-order valence-electron chi connectivity index (χ2n) is 3.69. The zero-order valence-corrected chi connectivity index (χ0v) is 12.0. The van der Waals surface area contributed by atoms with E-state index in [1.165, 1.54) is 5.56 Å². The van der Waals surface area contributed by atoms with Crippen LogP contribution in [0.2, 0.25) is 0 Å². The number of aromatic nitrogens is 2. The van der Waals surface area contributed by atoms with Gasteiger partial charge in [0.25, 0.3) is 0 Å². The van der Waals surface area contributed by atoms with Crippen LogP contribution < -0.4 is 5.32 Å². The van der Waals surface area contributed by atoms with Gasteiger partial charge in [0.05, 0.1) is 25.1 Å². The van der Waals surface area contributed by atoms with Crippen molar-refractivity contribution in [2.24, 2.45) is 0 Å². The van der Waals surface area contributed by atoms with Crippen LogP contribution in [0, 0.1) is 0 Å². The summed E-state index contributed by atoms with van der Waals surface area (Å²) in [4.78, 5) is 0. The Labute approximate surface area is 110 Å². The third-order valence-corrected chi connectivity index (χ3v) is 2.69. The van der Waals surface area contributed by atoms with Crippen molar-refractivity contribution in [1.82, 2.24) is 15.5 Å². The van der Waals surface area contributed by atoms with Crippen molar-refractivity contribution < 1.29 is 4.39 Å². The number of nitrogens with zero attached hydrogens (tertiary/aromatic N) is 2. The largest absolute Gasteiger partial charge is 0.385 e. The zero-order chi connectivity index (χ0) is 14.0. The lowest BCUT2D eigenvalue weighted by molar-refractivity contribution is 0.636. The third-order valence-electron chi connectivity index (χ3n) is 2.69. The molecule has 2 rings (SSSR count). The van der Waals surface area contributed by atoms with E-state index in [2.05, 4.69) is 41.5 Å². The number of hydrogen-bond acceptors (Lipinski definition) is 3. The van der Waals surface area contributed by atoms with E-state index in [1.807, 2.05) is 20.0 Å². The number of halogens is 1. The van der Waals surface area contributed by atoms with E-state index in [9.17, 15) is 4.39 Å². The summed E-state index contributed by atoms with van der Waals surface area (Å²) in [5, 5.41) is 11.6. The highest BCUT2D eigenvalue weighted by Crippen LogP contribution is 2.19. The van der Waals surface area contributed by atoms with Crippen molar-refractivity contribution in [3.05, 3.63) is 29.2 Å². The van der Waals surface area contributed by atoms with Crippen LogP contribution in [0.1, 0.15) is 57.0 Å². The molecule has 0 fully saturated rings. The zero-order valence-electron chi connectivity index (χ0n) is 12.0. The topological polar surface area (TPSA) is 37.8 Å². The summed E-state index contributed by atoms with van der Waals surface area (Å²) in [6.45, 7) is 9.14. The molecule has 1 N–H and O–H groups in total. The van der Waals surface area contributed by atoms with Crippen LogP contribution in [-0.4, -0.2) is 17.4 Å². The fourth-order valence-corrected chi connectivity index (χ4v) is 1.48. The second kappa shape index (κ2) is 9.57. The number of nitrogens with one attached hydrogen (secondary N) is 1. The molecule has 1 atom stereocenters. The first-order valence-electron chi connectivity index (χ1n) is 6.45. The van der Waals surface area contributed by atoms with Crippen molar-refractivity contribution >= 4 is 6.08 Å². The molecule has 2 heterocycles. The van der Waals surface area contributed by atoms with Gasteiger partial charge in [-0.1, -0.05) is 27.7 Å². The molecule has 0 spiro atoms. The first-order chi connectivity index (χ1) is 8.81. The van der Waals surface area contributed by atoms with E-state index >= 15 is 0 Å². The summed E-state index contributed by atoms with van der Waals surface area (Å²) < 4.78 is 9.50. The number of hydrogen-bond donors (Lipinski definition) is 1. The molecular formula is C14H24FN3. The van der Waals surface area contributed by atoms with Gasteiger partial charge < -0.3 is 5.32 Å². The first kappa shape index (κ1) is 16.6. The highest BCUT2D eigenvalue weighted by molar-refractivity contribution is 5.53. The van der Waals surface area contributed by atoms with Crippen LogP contribution in [0.25, 0.3) is 6.08 Å². The molecule has 1 aliphatic rings. The molecule has 0 saturated heterocycles. The van der Waals surface area contributed by atoms with E-state index in [-0.39, 0.29) is 0 Å². The van der Waals surface area contributed by atoms with Crippen LogP contribution in [0.3, 0.4) is 0 Å². The fourth-order valence-electron chi connectivity index (χ4n) is 1.48. The first-order valence-corrected chi connectivity index (χ1v) is 6.45. The Morgan fingerprint density at radius 2 is 2.00 bits per heavy atom. The van der Waals surface area contributed by atoms with E-state index in [0.717, 1.165) is 24.4 Å². The van der Waals surface area contributed by atoms with Crippen LogP contribution in [0.5, 0.6) is 0 Å². The average Bonchev–Trinajstić information content (AvgIpc) is 2.50. The van der Waals surface area contributed by atoms with Crippen LogP contribution in [0.4, 0.5) is 4.39 Å². The minimum atomic E-state index is 0.496. The van der Waals surface area contributed by atoms with Gasteiger partial charge in [-0.25, -0.2) is 0 Å². The monoisotopic (exact) mass is 253 g/mol. The van der Waals surface area contributed by atoms with E-state index in [1.54, 1.807) is 0 Å². The van der Waals surface area contributed by atoms with Crippen molar-refractivity contribution in [2.45, 2.75) is 46.6 Å². The van der Waals surface area contributed by atoms with E-state index < -0.39 is 0 Å². The Bertz CT molecular complexity index is 364. The summed E-state index contributed by atoms with van der Waals surface area (Å²) in [6.07, 6.45) is 5.12. The van der Waals surface area contributed by atoms with Crippen molar-refractivity contribution in [1.29, 1.82) is 0 Å². The second-order valence-corrected chi connectivity index (χ2v) is 3.69. The molecule has 18 heavy (non-hydrogen) atoms. The summed E-state index contributed by atoms with van der Waals surface area (Å²) >= 11 is 0. The molecule has 0 bridgehead atoms. The van der Waals surface area contributed by atoms with Gasteiger partial charge in [0.1, 0.15) is 0 Å². The summed E-state index contributed by atoms with van der Waals surface area (Å²) in [6, 6.07) is 2.15. The van der Waals surface area contributed by atoms with Crippen LogP contribution in [-0.2, 0) is 6.54 Å². The lowest BCUT2D eigenvalue weighted by atomic mass is 10.0. The third kappa shape index (κ3) is 4.43. The Balaban J connectivity index is 0.000000659. The predicted molar refractivity (Wildman–Crippen MR) is 75.0 cm³/mol. The molecule has 1 aliphatic heterocycles. The Kier molecular flexibility index (Phi) is 8.80. The molecule has 0 aromatic carbocycles. The Hall–Kier alpha value is -1.45. The van der Waals surface area contributed by atoms with Gasteiger partial charge >= 0.3 is 0 Å². The predicted octanol–water partition coefficient (Wildman–Crippen LogP) is 3.68. The molecule has 4 heteroatoms. The number of fused-ring (bicyclic) bond motifs is 1. The highest BCUT2D eigenvalue weighted by atomic mass is 19.1. The highest BCUT2D eigenvalue weighted by Gasteiger charge is 2.10. The fraction of sp³-hybridized carbons (Fsp3) is 0.571. The van der Waals surface area contributed by atoms with Crippen molar-refractivity contribution in [2.75, 3.05) is 7.18 Å². The van der Waals surface area contributed by atoms with Crippen molar-refractivity contribution in [3.63, 3.8) is 0 Å². The molecule has 1 aromatic rings. The van der Waals surface area contributed by atoms with Crippen LogP contribution in [0.15, 0.2) is 12.3 Å². The molecule has 0 radical (unpaired) electrons. The minimum Gasteiger partial charge on any atom is -0.385 e. The van der Waals surface area contributed by atoms with Gasteiger partial charge in [-0.05, 0) is 30.7 Å². The smallest absolute Gasteiger partial charge is 0.0894 e. The maximum atomic E-state index is 9.50. The number of rotatable bonds is 2. The molecule has 102 valence electrons. The minimum absolute atomic E-state index is 0.496. The van der Waals surface area contributed by atoms with Crippen LogP contribution >= 0.6 is 0 Å². The van der Waals surface area contributed by atoms with Gasteiger partial charge in [0, 0.05) is 5.56 Å². The Morgan fingerprint density at radius 3 is 2.61 bits per heavy atom.